The van der Waals surface area contributed by atoms with Crippen LogP contribution in [0.1, 0.15) is 32.6 Å². The monoisotopic (exact) mass is 434 g/mol. The number of aliphatic hydroxyl groups is 2. The van der Waals surface area contributed by atoms with Crippen LogP contribution in [0, 0.1) is 0 Å². The van der Waals surface area contributed by atoms with Gasteiger partial charge in [0.05, 0.1) is 29.1 Å². The fraction of sp³-hybridized carbons (Fsp3) is 0.429. The lowest BCUT2D eigenvalue weighted by molar-refractivity contribution is -0.119. The first-order valence-corrected chi connectivity index (χ1v) is 10.4. The highest BCUT2D eigenvalue weighted by Gasteiger charge is 2.21. The van der Waals surface area contributed by atoms with Crippen molar-refractivity contribution < 1.29 is 19.7 Å². The molecule has 1 aliphatic carbocycles. The highest BCUT2D eigenvalue weighted by Crippen LogP contribution is 2.35. The lowest BCUT2D eigenvalue weighted by Gasteiger charge is -2.09. The van der Waals surface area contributed by atoms with Gasteiger partial charge in [-0.2, -0.15) is 0 Å². The van der Waals surface area contributed by atoms with Crippen molar-refractivity contribution in [3.05, 3.63) is 35.4 Å². The quantitative estimate of drug-likeness (QED) is 0.459. The topological polar surface area (TPSA) is 116 Å². The zero-order valence-electron chi connectivity index (χ0n) is 16.8. The van der Waals surface area contributed by atoms with E-state index in [0.717, 1.165) is 18.4 Å². The second kappa shape index (κ2) is 10.5. The minimum atomic E-state index is -0.863. The first-order valence-electron chi connectivity index (χ1n) is 10.00. The van der Waals surface area contributed by atoms with Gasteiger partial charge in [-0.15, -0.1) is 0 Å². The smallest absolute Gasteiger partial charge is 0.216 e. The van der Waals surface area contributed by atoms with Gasteiger partial charge in [-0.1, -0.05) is 24.4 Å². The first kappa shape index (κ1) is 22.1. The first-order chi connectivity index (χ1) is 14.4. The van der Waals surface area contributed by atoms with Gasteiger partial charge in [0.2, 0.25) is 12.3 Å². The number of carbonyl (C=O) groups is 1. The fourth-order valence-electron chi connectivity index (χ4n) is 3.23. The van der Waals surface area contributed by atoms with Gasteiger partial charge in [0.15, 0.2) is 5.82 Å². The molecule has 1 fully saturated rings. The van der Waals surface area contributed by atoms with E-state index in [1.165, 1.54) is 19.8 Å². The van der Waals surface area contributed by atoms with E-state index < -0.39 is 6.35 Å². The number of nitrogens with zero attached hydrogens (tertiary/aromatic N) is 1. The van der Waals surface area contributed by atoms with Crippen LogP contribution in [0.3, 0.4) is 0 Å². The van der Waals surface area contributed by atoms with Crippen LogP contribution in [0.25, 0.3) is 11.3 Å². The Hall–Kier alpha value is -2.55. The molecule has 1 aliphatic heterocycles. The number of fused-ring (bicyclic) bond motifs is 1. The summed E-state index contributed by atoms with van der Waals surface area (Å²) in [5.74, 6) is 1.16. The van der Waals surface area contributed by atoms with Crippen molar-refractivity contribution in [3.8, 4) is 17.0 Å². The summed E-state index contributed by atoms with van der Waals surface area (Å²) in [6.45, 7) is 2.31. The van der Waals surface area contributed by atoms with Crippen LogP contribution in [0.2, 0.25) is 5.02 Å². The van der Waals surface area contributed by atoms with Crippen molar-refractivity contribution >= 4 is 29.0 Å². The minimum Gasteiger partial charge on any atom is -0.492 e. The predicted molar refractivity (Wildman–Crippen MR) is 117 cm³/mol. The highest BCUT2D eigenvalue weighted by molar-refractivity contribution is 6.33. The van der Waals surface area contributed by atoms with Gasteiger partial charge in [-0.25, -0.2) is 4.98 Å². The third kappa shape index (κ3) is 6.22. The molecule has 0 bridgehead atoms. The van der Waals surface area contributed by atoms with Crippen molar-refractivity contribution in [2.24, 2.45) is 0 Å². The van der Waals surface area contributed by atoms with Gasteiger partial charge >= 0.3 is 0 Å². The molecule has 4 rings (SSSR count). The molecular formula is C21H27ClN4O4. The maximum atomic E-state index is 10.8. The molecule has 2 aliphatic rings. The molecule has 0 radical (unpaired) electrons. The SMILES string of the molecule is CC(=O)NCCOc1ccc(-c2nc3c(cc2Cl)NC(O)N3)cc1.OC1CCCC1. The molecule has 1 unspecified atom stereocenters. The number of ether oxygens (including phenoxy) is 1. The number of benzene rings is 1. The Balaban J connectivity index is 0.000000367. The number of pyridine rings is 1. The molecule has 1 atom stereocenters. The Bertz CT molecular complexity index is 857. The molecule has 5 N–H and O–H groups in total. The largest absolute Gasteiger partial charge is 0.492 e. The van der Waals surface area contributed by atoms with Crippen LogP contribution in [0.15, 0.2) is 30.3 Å². The molecule has 2 aromatic rings. The molecule has 30 heavy (non-hydrogen) atoms. The van der Waals surface area contributed by atoms with E-state index in [0.29, 0.717) is 41.1 Å². The van der Waals surface area contributed by atoms with Crippen LogP contribution >= 0.6 is 11.6 Å². The maximum Gasteiger partial charge on any atom is 0.216 e. The highest BCUT2D eigenvalue weighted by atomic mass is 35.5. The summed E-state index contributed by atoms with van der Waals surface area (Å²) in [6, 6.07) is 9.06. The van der Waals surface area contributed by atoms with E-state index in [-0.39, 0.29) is 12.0 Å². The molecule has 1 aromatic heterocycles. The second-order valence-electron chi connectivity index (χ2n) is 7.20. The summed E-state index contributed by atoms with van der Waals surface area (Å²) in [6.07, 6.45) is 3.74. The molecule has 1 saturated carbocycles. The second-order valence-corrected chi connectivity index (χ2v) is 7.61. The van der Waals surface area contributed by atoms with E-state index in [2.05, 4.69) is 20.9 Å². The normalized spacial score (nSPS) is 17.3. The minimum absolute atomic E-state index is 0.0463. The van der Waals surface area contributed by atoms with Crippen molar-refractivity contribution in [1.82, 2.24) is 10.3 Å². The molecule has 0 saturated heterocycles. The Morgan fingerprint density at radius 2 is 1.93 bits per heavy atom. The zero-order chi connectivity index (χ0) is 21.5. The molecule has 1 amide bonds. The summed E-state index contributed by atoms with van der Waals surface area (Å²) in [5, 5.41) is 27.0. The van der Waals surface area contributed by atoms with E-state index in [1.54, 1.807) is 6.07 Å². The van der Waals surface area contributed by atoms with Crippen molar-refractivity contribution in [3.63, 3.8) is 0 Å². The molecule has 2 heterocycles. The van der Waals surface area contributed by atoms with Crippen molar-refractivity contribution in [1.29, 1.82) is 0 Å². The van der Waals surface area contributed by atoms with Crippen LogP contribution < -0.4 is 20.7 Å². The van der Waals surface area contributed by atoms with Gasteiger partial charge in [-0.05, 0) is 43.2 Å². The van der Waals surface area contributed by atoms with Gasteiger partial charge in [0, 0.05) is 12.5 Å². The Labute approximate surface area is 180 Å². The summed E-state index contributed by atoms with van der Waals surface area (Å²) in [4.78, 5) is 15.2. The number of anilines is 2. The van der Waals surface area contributed by atoms with Crippen molar-refractivity contribution in [2.75, 3.05) is 23.8 Å². The van der Waals surface area contributed by atoms with Crippen molar-refractivity contribution in [2.45, 2.75) is 45.1 Å². The lowest BCUT2D eigenvalue weighted by Crippen LogP contribution is -2.25. The average Bonchev–Trinajstić information content (AvgIpc) is 3.33. The number of halogens is 1. The maximum absolute atomic E-state index is 10.8. The molecule has 1 aromatic carbocycles. The summed E-state index contributed by atoms with van der Waals surface area (Å²) in [5.41, 5.74) is 2.11. The summed E-state index contributed by atoms with van der Waals surface area (Å²) in [7, 11) is 0. The number of hydrogen-bond acceptors (Lipinski definition) is 7. The number of carbonyl (C=O) groups excluding carboxylic acids is 1. The molecule has 9 heteroatoms. The van der Waals surface area contributed by atoms with Crippen LogP contribution in [-0.2, 0) is 4.79 Å². The molecule has 162 valence electrons. The van der Waals surface area contributed by atoms with Gasteiger partial charge in [-0.3, -0.25) is 4.79 Å². The van der Waals surface area contributed by atoms with Crippen LogP contribution in [-0.4, -0.2) is 46.7 Å². The number of hydrogen-bond donors (Lipinski definition) is 5. The van der Waals surface area contributed by atoms with E-state index in [4.69, 9.17) is 21.4 Å². The molecule has 0 spiro atoms. The van der Waals surface area contributed by atoms with Gasteiger partial charge in [0.1, 0.15) is 12.4 Å². The predicted octanol–water partition coefficient (Wildman–Crippen LogP) is 2.95. The number of amides is 1. The fourth-order valence-corrected chi connectivity index (χ4v) is 3.49. The number of aromatic nitrogens is 1. The van der Waals surface area contributed by atoms with E-state index in [1.807, 2.05) is 24.3 Å². The van der Waals surface area contributed by atoms with E-state index in [9.17, 15) is 9.90 Å². The van der Waals surface area contributed by atoms with Crippen LogP contribution in [0.5, 0.6) is 5.75 Å². The standard InChI is InChI=1S/C16H17ClN4O3.C5H10O/c1-9(22)18-6-7-24-11-4-2-10(3-5-11)14-12(17)8-13-15(20-14)21-16(23)19-13;6-5-3-1-2-4-5/h2-5,8,16,19,23H,6-7H2,1H3,(H,18,22)(H,20,21);5-6H,1-4H2. The summed E-state index contributed by atoms with van der Waals surface area (Å²) >= 11 is 6.28. The third-order valence-corrected chi connectivity index (χ3v) is 5.03. The Morgan fingerprint density at radius 3 is 2.53 bits per heavy atom. The molecule has 8 nitrogen and oxygen atoms in total. The number of aliphatic hydroxyl groups excluding tert-OH is 2. The zero-order valence-corrected chi connectivity index (χ0v) is 17.6. The average molecular weight is 435 g/mol. The number of nitrogens with one attached hydrogen (secondary N) is 3. The van der Waals surface area contributed by atoms with Gasteiger partial charge in [0.25, 0.3) is 0 Å². The molecular weight excluding hydrogens is 408 g/mol. The summed E-state index contributed by atoms with van der Waals surface area (Å²) < 4.78 is 5.54. The van der Waals surface area contributed by atoms with Gasteiger partial charge < -0.3 is 30.9 Å². The Kier molecular flexibility index (Phi) is 7.73. The number of rotatable bonds is 5. The van der Waals surface area contributed by atoms with E-state index >= 15 is 0 Å². The Morgan fingerprint density at radius 1 is 1.23 bits per heavy atom. The van der Waals surface area contributed by atoms with Crippen LogP contribution in [0.4, 0.5) is 11.5 Å². The third-order valence-electron chi connectivity index (χ3n) is 4.74. The lowest BCUT2D eigenvalue weighted by atomic mass is 10.1.